The van der Waals surface area contributed by atoms with Crippen LogP contribution in [0.3, 0.4) is 0 Å². The van der Waals surface area contributed by atoms with Crippen molar-refractivity contribution in [2.75, 3.05) is 7.11 Å². The molecule has 0 bridgehead atoms. The molecule has 0 amide bonds. The van der Waals surface area contributed by atoms with Gasteiger partial charge in [-0.1, -0.05) is 31.4 Å². The molecule has 1 aliphatic carbocycles. The zero-order chi connectivity index (χ0) is 15.5. The molecule has 1 aliphatic rings. The zero-order valence-corrected chi connectivity index (χ0v) is 12.0. The van der Waals surface area contributed by atoms with Crippen LogP contribution in [0.4, 0.5) is 13.2 Å². The topological polar surface area (TPSA) is 44.5 Å². The molecule has 0 spiro atoms. The summed E-state index contributed by atoms with van der Waals surface area (Å²) in [5.74, 6) is -0.252. The van der Waals surface area contributed by atoms with Gasteiger partial charge >= 0.3 is 6.36 Å². The van der Waals surface area contributed by atoms with Gasteiger partial charge in [0.25, 0.3) is 0 Å². The summed E-state index contributed by atoms with van der Waals surface area (Å²) in [5.41, 5.74) is 6.38. The van der Waals surface area contributed by atoms with E-state index in [1.54, 1.807) is 13.2 Å². The van der Waals surface area contributed by atoms with Gasteiger partial charge < -0.3 is 15.2 Å². The van der Waals surface area contributed by atoms with Crippen molar-refractivity contribution < 1.29 is 22.6 Å². The molecule has 2 rings (SSSR count). The van der Waals surface area contributed by atoms with E-state index in [9.17, 15) is 13.2 Å². The molecule has 2 N–H and O–H groups in total. The van der Waals surface area contributed by atoms with Gasteiger partial charge in [0, 0.05) is 7.11 Å². The van der Waals surface area contributed by atoms with Crippen LogP contribution in [0.25, 0.3) is 0 Å². The second-order valence-corrected chi connectivity index (χ2v) is 5.43. The largest absolute Gasteiger partial charge is 0.573 e. The lowest BCUT2D eigenvalue weighted by Crippen LogP contribution is -2.44. The number of hydrogen-bond acceptors (Lipinski definition) is 3. The van der Waals surface area contributed by atoms with E-state index >= 15 is 0 Å². The quantitative estimate of drug-likeness (QED) is 0.916. The van der Waals surface area contributed by atoms with Gasteiger partial charge in [-0.3, -0.25) is 0 Å². The lowest BCUT2D eigenvalue weighted by molar-refractivity contribution is -0.274. The Morgan fingerprint density at radius 2 is 1.86 bits per heavy atom. The maximum absolute atomic E-state index is 12.3. The Morgan fingerprint density at radius 1 is 1.19 bits per heavy atom. The first-order valence-electron chi connectivity index (χ1n) is 7.03. The Labute approximate surface area is 122 Å². The van der Waals surface area contributed by atoms with Crippen LogP contribution in [-0.2, 0) is 4.74 Å². The van der Waals surface area contributed by atoms with E-state index in [1.165, 1.54) is 18.2 Å². The van der Waals surface area contributed by atoms with Crippen molar-refractivity contribution in [1.82, 2.24) is 0 Å². The summed E-state index contributed by atoms with van der Waals surface area (Å²) in [6, 6.07) is 5.36. The molecule has 1 aromatic rings. The predicted octanol–water partition coefficient (Wildman–Crippen LogP) is 3.93. The highest BCUT2D eigenvalue weighted by molar-refractivity contribution is 5.32. The van der Waals surface area contributed by atoms with Gasteiger partial charge in [0.15, 0.2) is 0 Å². The highest BCUT2D eigenvalue weighted by Crippen LogP contribution is 2.40. The van der Waals surface area contributed by atoms with Crippen molar-refractivity contribution in [3.05, 3.63) is 29.8 Å². The summed E-state index contributed by atoms with van der Waals surface area (Å²) in [7, 11) is 1.61. The third-order valence-electron chi connectivity index (χ3n) is 4.12. The van der Waals surface area contributed by atoms with Crippen LogP contribution in [0.5, 0.6) is 5.75 Å². The normalized spacial score (nSPS) is 20.0. The molecule has 1 atom stereocenters. The fraction of sp³-hybridized carbons (Fsp3) is 0.600. The van der Waals surface area contributed by atoms with E-state index < -0.39 is 18.0 Å². The van der Waals surface area contributed by atoms with Crippen LogP contribution in [0.1, 0.15) is 43.7 Å². The molecule has 6 heteroatoms. The second kappa shape index (κ2) is 6.23. The molecule has 118 valence electrons. The Hall–Kier alpha value is -1.27. The van der Waals surface area contributed by atoms with E-state index in [-0.39, 0.29) is 5.75 Å². The van der Waals surface area contributed by atoms with Crippen LogP contribution >= 0.6 is 0 Å². The molecule has 1 fully saturated rings. The summed E-state index contributed by atoms with van der Waals surface area (Å²) in [6.07, 6.45) is 0.0894. The predicted molar refractivity (Wildman–Crippen MR) is 72.9 cm³/mol. The van der Waals surface area contributed by atoms with Crippen LogP contribution in [0.15, 0.2) is 24.3 Å². The smallest absolute Gasteiger partial charge is 0.406 e. The first-order valence-corrected chi connectivity index (χ1v) is 7.03. The van der Waals surface area contributed by atoms with E-state index in [0.29, 0.717) is 5.56 Å². The van der Waals surface area contributed by atoms with Gasteiger partial charge in [-0.2, -0.15) is 0 Å². The van der Waals surface area contributed by atoms with Gasteiger partial charge in [0.05, 0.1) is 11.6 Å². The molecule has 0 heterocycles. The molecule has 0 saturated heterocycles. The van der Waals surface area contributed by atoms with Gasteiger partial charge in [-0.05, 0) is 30.5 Å². The number of alkyl halides is 3. The Bertz CT molecular complexity index is 470. The Morgan fingerprint density at radius 3 is 2.43 bits per heavy atom. The maximum Gasteiger partial charge on any atom is 0.573 e. The SMILES string of the molecule is COC1(C(N)c2cccc(OC(F)(F)F)c2)CCCCC1. The molecular weight excluding hydrogens is 283 g/mol. The summed E-state index contributed by atoms with van der Waals surface area (Å²) in [4.78, 5) is 0. The van der Waals surface area contributed by atoms with E-state index in [0.717, 1.165) is 32.1 Å². The first-order chi connectivity index (χ1) is 9.86. The van der Waals surface area contributed by atoms with Crippen molar-refractivity contribution in [2.24, 2.45) is 5.73 Å². The van der Waals surface area contributed by atoms with Crippen molar-refractivity contribution >= 4 is 0 Å². The number of nitrogens with two attached hydrogens (primary N) is 1. The Balaban J connectivity index is 2.22. The van der Waals surface area contributed by atoms with Crippen LogP contribution in [-0.4, -0.2) is 19.1 Å². The highest BCUT2D eigenvalue weighted by Gasteiger charge is 2.39. The number of ether oxygens (including phenoxy) is 2. The fourth-order valence-electron chi connectivity index (χ4n) is 3.00. The number of hydrogen-bond donors (Lipinski definition) is 1. The number of benzene rings is 1. The summed E-state index contributed by atoms with van der Waals surface area (Å²) < 4.78 is 46.5. The zero-order valence-electron chi connectivity index (χ0n) is 12.0. The summed E-state index contributed by atoms with van der Waals surface area (Å²) >= 11 is 0. The molecule has 1 unspecified atom stereocenters. The lowest BCUT2D eigenvalue weighted by atomic mass is 9.77. The van der Waals surface area contributed by atoms with Gasteiger partial charge in [-0.15, -0.1) is 13.2 Å². The fourth-order valence-corrected chi connectivity index (χ4v) is 3.00. The van der Waals surface area contributed by atoms with E-state index in [4.69, 9.17) is 10.5 Å². The van der Waals surface area contributed by atoms with Crippen molar-refractivity contribution in [2.45, 2.75) is 50.1 Å². The monoisotopic (exact) mass is 303 g/mol. The average molecular weight is 303 g/mol. The third kappa shape index (κ3) is 3.89. The first kappa shape index (κ1) is 16.1. The van der Waals surface area contributed by atoms with Gasteiger partial charge in [-0.25, -0.2) is 0 Å². The van der Waals surface area contributed by atoms with Crippen molar-refractivity contribution in [1.29, 1.82) is 0 Å². The summed E-state index contributed by atoms with van der Waals surface area (Å²) in [5, 5.41) is 0. The molecule has 21 heavy (non-hydrogen) atoms. The number of methoxy groups -OCH3 is 1. The van der Waals surface area contributed by atoms with Gasteiger partial charge in [0.2, 0.25) is 0 Å². The van der Waals surface area contributed by atoms with Crippen LogP contribution < -0.4 is 10.5 Å². The van der Waals surface area contributed by atoms with Crippen LogP contribution in [0.2, 0.25) is 0 Å². The minimum atomic E-state index is -4.70. The van der Waals surface area contributed by atoms with Crippen molar-refractivity contribution in [3.8, 4) is 5.75 Å². The minimum Gasteiger partial charge on any atom is -0.406 e. The number of halogens is 3. The molecule has 0 aliphatic heterocycles. The second-order valence-electron chi connectivity index (χ2n) is 5.43. The lowest BCUT2D eigenvalue weighted by Gasteiger charge is -2.41. The van der Waals surface area contributed by atoms with Crippen LogP contribution in [0, 0.1) is 0 Å². The molecule has 0 aromatic heterocycles. The highest BCUT2D eigenvalue weighted by atomic mass is 19.4. The molecule has 1 saturated carbocycles. The number of rotatable bonds is 4. The van der Waals surface area contributed by atoms with Gasteiger partial charge in [0.1, 0.15) is 5.75 Å². The molecular formula is C15H20F3NO2. The third-order valence-corrected chi connectivity index (χ3v) is 4.12. The Kier molecular flexibility index (Phi) is 4.78. The van der Waals surface area contributed by atoms with E-state index in [1.807, 2.05) is 0 Å². The average Bonchev–Trinajstić information content (AvgIpc) is 2.45. The van der Waals surface area contributed by atoms with Crippen molar-refractivity contribution in [3.63, 3.8) is 0 Å². The molecule has 1 aromatic carbocycles. The van der Waals surface area contributed by atoms with E-state index in [2.05, 4.69) is 4.74 Å². The molecule has 3 nitrogen and oxygen atoms in total. The summed E-state index contributed by atoms with van der Waals surface area (Å²) in [6.45, 7) is 0. The standard InChI is InChI=1S/C15H20F3NO2/c1-20-14(8-3-2-4-9-14)13(19)11-6-5-7-12(10-11)21-15(16,17)18/h5-7,10,13H,2-4,8-9,19H2,1H3. The maximum atomic E-state index is 12.3. The molecule has 0 radical (unpaired) electrons. The minimum absolute atomic E-state index is 0.252.